The maximum Gasteiger partial charge on any atom is 0.106 e. The molecule has 2 heteroatoms. The van der Waals surface area contributed by atoms with Gasteiger partial charge >= 0.3 is 0 Å². The Balaban J connectivity index is 2.68. The van der Waals surface area contributed by atoms with Crippen molar-refractivity contribution >= 4 is 0 Å². The first-order valence-corrected chi connectivity index (χ1v) is 6.00. The molecule has 1 rings (SSSR count). The molecule has 0 spiro atoms. The van der Waals surface area contributed by atoms with Crippen LogP contribution in [0.5, 0.6) is 0 Å². The van der Waals surface area contributed by atoms with Crippen LogP contribution in [0.3, 0.4) is 0 Å². The molecule has 16 heavy (non-hydrogen) atoms. The zero-order valence-electron chi connectivity index (χ0n) is 10.4. The molecule has 2 unspecified atom stereocenters. The molecule has 1 aromatic rings. The second kappa shape index (κ2) is 6.66. The summed E-state index contributed by atoms with van der Waals surface area (Å²) < 4.78 is 5.95. The van der Waals surface area contributed by atoms with Crippen LogP contribution >= 0.6 is 0 Å². The fourth-order valence-corrected chi connectivity index (χ4v) is 1.83. The van der Waals surface area contributed by atoms with Gasteiger partial charge in [-0.15, -0.1) is 0 Å². The lowest BCUT2D eigenvalue weighted by Gasteiger charge is -2.25. The molecule has 0 fully saturated rings. The van der Waals surface area contributed by atoms with E-state index in [1.165, 1.54) is 0 Å². The van der Waals surface area contributed by atoms with E-state index in [0.717, 1.165) is 12.0 Å². The Kier molecular flexibility index (Phi) is 5.50. The molecule has 0 bridgehead atoms. The van der Waals surface area contributed by atoms with Crippen molar-refractivity contribution in [2.45, 2.75) is 39.4 Å². The molecule has 2 nitrogen and oxygen atoms in total. The quantitative estimate of drug-likeness (QED) is 0.801. The van der Waals surface area contributed by atoms with Gasteiger partial charge in [-0.25, -0.2) is 0 Å². The van der Waals surface area contributed by atoms with E-state index in [2.05, 4.69) is 20.8 Å². The van der Waals surface area contributed by atoms with Crippen molar-refractivity contribution in [2.75, 3.05) is 6.61 Å². The van der Waals surface area contributed by atoms with Crippen molar-refractivity contribution in [3.05, 3.63) is 35.9 Å². The van der Waals surface area contributed by atoms with Gasteiger partial charge in [0.25, 0.3) is 0 Å². The van der Waals surface area contributed by atoms with Crippen LogP contribution in [0.25, 0.3) is 0 Å². The van der Waals surface area contributed by atoms with Crippen LogP contribution < -0.4 is 0 Å². The summed E-state index contributed by atoms with van der Waals surface area (Å²) in [5, 5.41) is 9.38. The second-order valence-corrected chi connectivity index (χ2v) is 4.41. The van der Waals surface area contributed by atoms with Gasteiger partial charge in [0.05, 0.1) is 12.7 Å². The van der Waals surface area contributed by atoms with E-state index in [4.69, 9.17) is 4.74 Å². The molecule has 0 amide bonds. The lowest BCUT2D eigenvalue weighted by molar-refractivity contribution is -0.0616. The highest BCUT2D eigenvalue weighted by Gasteiger charge is 2.18. The van der Waals surface area contributed by atoms with Crippen molar-refractivity contribution in [3.8, 4) is 0 Å². The van der Waals surface area contributed by atoms with E-state index in [1.54, 1.807) is 0 Å². The summed E-state index contributed by atoms with van der Waals surface area (Å²) in [6, 6.07) is 9.90. The van der Waals surface area contributed by atoms with Crippen LogP contribution in [0.1, 0.15) is 38.9 Å². The van der Waals surface area contributed by atoms with E-state index in [1.807, 2.05) is 30.3 Å². The third-order valence-electron chi connectivity index (χ3n) is 2.82. The lowest BCUT2D eigenvalue weighted by atomic mass is 10.0. The molecular formula is C14H22O2. The Labute approximate surface area is 98.3 Å². The molecular weight excluding hydrogens is 200 g/mol. The van der Waals surface area contributed by atoms with Crippen LogP contribution in [0.15, 0.2) is 30.3 Å². The summed E-state index contributed by atoms with van der Waals surface area (Å²) in [6.07, 6.45) is 0.979. The Bertz CT molecular complexity index is 282. The van der Waals surface area contributed by atoms with Gasteiger partial charge in [-0.2, -0.15) is 0 Å². The Hall–Kier alpha value is -0.860. The molecule has 0 aliphatic rings. The van der Waals surface area contributed by atoms with Crippen LogP contribution in [0.4, 0.5) is 0 Å². The van der Waals surface area contributed by atoms with Crippen LogP contribution in [0, 0.1) is 5.92 Å². The Morgan fingerprint density at radius 2 is 1.81 bits per heavy atom. The number of hydrogen-bond donors (Lipinski definition) is 1. The number of ether oxygens (including phenoxy) is 1. The van der Waals surface area contributed by atoms with Gasteiger partial charge in [0.1, 0.15) is 6.10 Å². The van der Waals surface area contributed by atoms with Gasteiger partial charge in [0, 0.05) is 0 Å². The van der Waals surface area contributed by atoms with E-state index in [-0.39, 0.29) is 18.8 Å². The van der Waals surface area contributed by atoms with E-state index in [9.17, 15) is 5.11 Å². The SMILES string of the molecule is CCC(OC(CO)c1ccccc1)C(C)C. The van der Waals surface area contributed by atoms with Gasteiger partial charge in [0.2, 0.25) is 0 Å². The summed E-state index contributed by atoms with van der Waals surface area (Å²) in [7, 11) is 0. The van der Waals surface area contributed by atoms with Crippen molar-refractivity contribution in [3.63, 3.8) is 0 Å². The van der Waals surface area contributed by atoms with Gasteiger partial charge < -0.3 is 9.84 Å². The van der Waals surface area contributed by atoms with E-state index < -0.39 is 0 Å². The number of rotatable bonds is 6. The summed E-state index contributed by atoms with van der Waals surface area (Å²) in [5.41, 5.74) is 1.05. The molecule has 0 saturated heterocycles. The minimum absolute atomic E-state index is 0.0350. The van der Waals surface area contributed by atoms with Crippen molar-refractivity contribution in [2.24, 2.45) is 5.92 Å². The monoisotopic (exact) mass is 222 g/mol. The predicted octanol–water partition coefficient (Wildman–Crippen LogP) is 3.17. The first kappa shape index (κ1) is 13.2. The molecule has 1 N–H and O–H groups in total. The molecule has 2 atom stereocenters. The van der Waals surface area contributed by atoms with Gasteiger partial charge in [-0.3, -0.25) is 0 Å². The van der Waals surface area contributed by atoms with Gasteiger partial charge in [-0.1, -0.05) is 51.1 Å². The minimum atomic E-state index is -0.200. The van der Waals surface area contributed by atoms with Crippen molar-refractivity contribution in [1.29, 1.82) is 0 Å². The highest BCUT2D eigenvalue weighted by molar-refractivity contribution is 5.17. The predicted molar refractivity (Wildman–Crippen MR) is 66.3 cm³/mol. The summed E-state index contributed by atoms with van der Waals surface area (Å²) in [4.78, 5) is 0. The Morgan fingerprint density at radius 1 is 1.19 bits per heavy atom. The third-order valence-corrected chi connectivity index (χ3v) is 2.82. The van der Waals surface area contributed by atoms with Crippen LogP contribution in [0.2, 0.25) is 0 Å². The Morgan fingerprint density at radius 3 is 2.25 bits per heavy atom. The molecule has 0 radical (unpaired) electrons. The fraction of sp³-hybridized carbons (Fsp3) is 0.571. The number of aliphatic hydroxyl groups is 1. The average molecular weight is 222 g/mol. The standard InChI is InChI=1S/C14H22O2/c1-4-13(11(2)3)16-14(10-15)12-8-6-5-7-9-12/h5-9,11,13-15H,4,10H2,1-3H3. The fourth-order valence-electron chi connectivity index (χ4n) is 1.83. The third kappa shape index (κ3) is 3.62. The van der Waals surface area contributed by atoms with E-state index in [0.29, 0.717) is 5.92 Å². The summed E-state index contributed by atoms with van der Waals surface area (Å²) >= 11 is 0. The van der Waals surface area contributed by atoms with E-state index >= 15 is 0 Å². The molecule has 0 heterocycles. The normalized spacial score (nSPS) is 15.1. The second-order valence-electron chi connectivity index (χ2n) is 4.41. The number of hydrogen-bond acceptors (Lipinski definition) is 2. The first-order chi connectivity index (χ1) is 7.69. The topological polar surface area (TPSA) is 29.5 Å². The molecule has 90 valence electrons. The van der Waals surface area contributed by atoms with Gasteiger partial charge in [0.15, 0.2) is 0 Å². The van der Waals surface area contributed by atoms with Crippen LogP contribution in [-0.2, 0) is 4.74 Å². The molecule has 0 saturated carbocycles. The molecule has 0 aromatic heterocycles. The maximum absolute atomic E-state index is 9.38. The summed E-state index contributed by atoms with van der Waals surface area (Å²) in [6.45, 7) is 6.44. The molecule has 0 aliphatic heterocycles. The smallest absolute Gasteiger partial charge is 0.106 e. The molecule has 0 aliphatic carbocycles. The highest BCUT2D eigenvalue weighted by Crippen LogP contribution is 2.22. The highest BCUT2D eigenvalue weighted by atomic mass is 16.5. The average Bonchev–Trinajstić information content (AvgIpc) is 2.31. The minimum Gasteiger partial charge on any atom is -0.393 e. The lowest BCUT2D eigenvalue weighted by Crippen LogP contribution is -2.23. The largest absolute Gasteiger partial charge is 0.393 e. The number of aliphatic hydroxyl groups excluding tert-OH is 1. The zero-order valence-corrected chi connectivity index (χ0v) is 10.4. The van der Waals surface area contributed by atoms with Gasteiger partial charge in [-0.05, 0) is 17.9 Å². The zero-order chi connectivity index (χ0) is 12.0. The first-order valence-electron chi connectivity index (χ1n) is 6.00. The van der Waals surface area contributed by atoms with Crippen LogP contribution in [-0.4, -0.2) is 17.8 Å². The maximum atomic E-state index is 9.38. The van der Waals surface area contributed by atoms with Crippen molar-refractivity contribution in [1.82, 2.24) is 0 Å². The molecule has 1 aromatic carbocycles. The van der Waals surface area contributed by atoms with Crippen molar-refractivity contribution < 1.29 is 9.84 Å². The summed E-state index contributed by atoms with van der Waals surface area (Å²) in [5.74, 6) is 0.475. The number of benzene rings is 1.